The number of hydrogen-bond donors (Lipinski definition) is 0. The third-order valence-corrected chi connectivity index (χ3v) is 4.83. The molecule has 0 spiro atoms. The van der Waals surface area contributed by atoms with Crippen molar-refractivity contribution in [3.63, 3.8) is 0 Å². The van der Waals surface area contributed by atoms with Crippen LogP contribution in [0.25, 0.3) is 11.0 Å². The topological polar surface area (TPSA) is 65.7 Å². The van der Waals surface area contributed by atoms with Gasteiger partial charge in [0, 0.05) is 17.0 Å². The monoisotopic (exact) mass is 364 g/mol. The Morgan fingerprint density at radius 3 is 2.52 bits per heavy atom. The van der Waals surface area contributed by atoms with Crippen LogP contribution < -0.4 is 15.1 Å². The van der Waals surface area contributed by atoms with Crippen LogP contribution >= 0.6 is 0 Å². The van der Waals surface area contributed by atoms with Gasteiger partial charge in [0.25, 0.3) is 0 Å². The molecule has 0 bridgehead atoms. The van der Waals surface area contributed by atoms with Crippen molar-refractivity contribution in [3.8, 4) is 11.5 Å². The van der Waals surface area contributed by atoms with Crippen LogP contribution in [0.4, 0.5) is 0 Å². The molecule has 0 N–H and O–H groups in total. The highest BCUT2D eigenvalue weighted by Gasteiger charge is 2.21. The molecule has 27 heavy (non-hydrogen) atoms. The molecule has 1 heterocycles. The van der Waals surface area contributed by atoms with E-state index in [-0.39, 0.29) is 5.63 Å². The maximum atomic E-state index is 12.3. The second-order valence-corrected chi connectivity index (χ2v) is 6.85. The first kappa shape index (κ1) is 17.3. The number of carbonyl (C=O) groups excluding carboxylic acids is 1. The third kappa shape index (κ3) is 3.45. The van der Waals surface area contributed by atoms with Gasteiger partial charge in [-0.25, -0.2) is 9.59 Å². The highest BCUT2D eigenvalue weighted by molar-refractivity contribution is 5.84. The Labute approximate surface area is 156 Å². The van der Waals surface area contributed by atoms with E-state index in [1.165, 1.54) is 0 Å². The van der Waals surface area contributed by atoms with E-state index in [9.17, 15) is 9.59 Å². The number of ether oxygens (including phenoxy) is 2. The highest BCUT2D eigenvalue weighted by atomic mass is 16.6. The molecular weight excluding hydrogens is 344 g/mol. The fourth-order valence-electron chi connectivity index (χ4n) is 3.40. The summed E-state index contributed by atoms with van der Waals surface area (Å²) >= 11 is 0. The molecule has 5 nitrogen and oxygen atoms in total. The van der Waals surface area contributed by atoms with Crippen LogP contribution in [0.5, 0.6) is 11.5 Å². The van der Waals surface area contributed by atoms with Crippen molar-refractivity contribution in [1.29, 1.82) is 0 Å². The molecular formula is C22H20O5. The molecule has 1 aliphatic carbocycles. The first-order valence-corrected chi connectivity index (χ1v) is 9.05. The zero-order valence-electron chi connectivity index (χ0n) is 15.3. The molecule has 5 heteroatoms. The summed E-state index contributed by atoms with van der Waals surface area (Å²) in [6, 6.07) is 12.6. The number of aryl methyl sites for hydroxylation is 2. The van der Waals surface area contributed by atoms with Gasteiger partial charge in [-0.1, -0.05) is 17.7 Å². The van der Waals surface area contributed by atoms with Gasteiger partial charge in [-0.3, -0.25) is 0 Å². The van der Waals surface area contributed by atoms with E-state index in [2.05, 4.69) is 0 Å². The van der Waals surface area contributed by atoms with E-state index in [4.69, 9.17) is 13.9 Å². The zero-order chi connectivity index (χ0) is 19.0. The number of hydrogen-bond acceptors (Lipinski definition) is 5. The van der Waals surface area contributed by atoms with Crippen molar-refractivity contribution in [1.82, 2.24) is 0 Å². The lowest BCUT2D eigenvalue weighted by molar-refractivity contribution is -0.141. The summed E-state index contributed by atoms with van der Waals surface area (Å²) in [5.74, 6) is 0.413. The summed E-state index contributed by atoms with van der Waals surface area (Å²) in [6.45, 7) is 3.62. The van der Waals surface area contributed by atoms with Gasteiger partial charge in [-0.05, 0) is 62.9 Å². The van der Waals surface area contributed by atoms with Crippen molar-refractivity contribution >= 4 is 16.9 Å². The van der Waals surface area contributed by atoms with Gasteiger partial charge in [-0.2, -0.15) is 0 Å². The van der Waals surface area contributed by atoms with Crippen LogP contribution in [0, 0.1) is 6.92 Å². The van der Waals surface area contributed by atoms with E-state index < -0.39 is 12.1 Å². The van der Waals surface area contributed by atoms with Crippen LogP contribution in [0.1, 0.15) is 30.0 Å². The number of benzene rings is 2. The fourth-order valence-corrected chi connectivity index (χ4v) is 3.40. The summed E-state index contributed by atoms with van der Waals surface area (Å²) in [4.78, 5) is 24.4. The third-order valence-electron chi connectivity index (χ3n) is 4.83. The molecule has 1 unspecified atom stereocenters. The Morgan fingerprint density at radius 2 is 1.74 bits per heavy atom. The van der Waals surface area contributed by atoms with Gasteiger partial charge >= 0.3 is 11.6 Å². The molecule has 3 aromatic rings. The van der Waals surface area contributed by atoms with Gasteiger partial charge in [0.05, 0.1) is 0 Å². The maximum absolute atomic E-state index is 12.3. The largest absolute Gasteiger partial charge is 0.479 e. The first-order chi connectivity index (χ1) is 13.0. The maximum Gasteiger partial charge on any atom is 0.352 e. The van der Waals surface area contributed by atoms with Crippen molar-refractivity contribution < 1.29 is 18.7 Å². The van der Waals surface area contributed by atoms with Gasteiger partial charge in [-0.15, -0.1) is 0 Å². The quantitative estimate of drug-likeness (QED) is 0.398. The molecule has 0 saturated carbocycles. The van der Waals surface area contributed by atoms with Crippen molar-refractivity contribution in [2.45, 2.75) is 39.2 Å². The Balaban J connectivity index is 1.52. The summed E-state index contributed by atoms with van der Waals surface area (Å²) in [5, 5.41) is 0.908. The summed E-state index contributed by atoms with van der Waals surface area (Å²) in [6.07, 6.45) is 1.83. The second kappa shape index (κ2) is 6.91. The predicted octanol–water partition coefficient (Wildman–Crippen LogP) is 3.96. The van der Waals surface area contributed by atoms with Crippen molar-refractivity contribution in [2.24, 2.45) is 0 Å². The van der Waals surface area contributed by atoms with Crippen molar-refractivity contribution in [3.05, 3.63) is 69.6 Å². The zero-order valence-corrected chi connectivity index (χ0v) is 15.3. The minimum absolute atomic E-state index is 0.297. The fraction of sp³-hybridized carbons (Fsp3) is 0.273. The second-order valence-electron chi connectivity index (χ2n) is 6.85. The molecule has 0 amide bonds. The Morgan fingerprint density at radius 1 is 1.04 bits per heavy atom. The molecule has 138 valence electrons. The molecule has 1 aromatic heterocycles. The molecule has 1 atom stereocenters. The van der Waals surface area contributed by atoms with E-state index in [0.29, 0.717) is 17.1 Å². The van der Waals surface area contributed by atoms with Crippen LogP contribution in [0.3, 0.4) is 0 Å². The summed E-state index contributed by atoms with van der Waals surface area (Å²) < 4.78 is 16.5. The average molecular weight is 364 g/mol. The number of fused-ring (bicyclic) bond motifs is 3. The van der Waals surface area contributed by atoms with Gasteiger partial charge in [0.1, 0.15) is 17.1 Å². The lowest BCUT2D eigenvalue weighted by Gasteiger charge is -2.14. The van der Waals surface area contributed by atoms with Crippen molar-refractivity contribution in [2.75, 3.05) is 0 Å². The lowest BCUT2D eigenvalue weighted by atomic mass is 10.1. The van der Waals surface area contributed by atoms with Gasteiger partial charge < -0.3 is 13.9 Å². The predicted molar refractivity (Wildman–Crippen MR) is 101 cm³/mol. The van der Waals surface area contributed by atoms with E-state index in [1.807, 2.05) is 37.3 Å². The molecule has 1 aliphatic rings. The molecule has 0 saturated heterocycles. The van der Waals surface area contributed by atoms with Crippen LogP contribution in [-0.4, -0.2) is 12.1 Å². The van der Waals surface area contributed by atoms with E-state index in [1.54, 1.807) is 19.1 Å². The smallest absolute Gasteiger partial charge is 0.352 e. The summed E-state index contributed by atoms with van der Waals surface area (Å²) in [7, 11) is 0. The lowest BCUT2D eigenvalue weighted by Crippen LogP contribution is -2.28. The number of esters is 1. The van der Waals surface area contributed by atoms with Gasteiger partial charge in [0.15, 0.2) is 6.10 Å². The van der Waals surface area contributed by atoms with Crippen LogP contribution in [0.15, 0.2) is 51.7 Å². The van der Waals surface area contributed by atoms with E-state index >= 15 is 0 Å². The molecule has 2 aromatic carbocycles. The Bertz CT molecular complexity index is 1060. The average Bonchev–Trinajstić information content (AvgIpc) is 3.14. The molecule has 0 radical (unpaired) electrons. The SMILES string of the molecule is Cc1ccc(OC(C)C(=O)Oc2ccc3c4c(c(=O)oc3c2)CCC4)cc1. The Hall–Kier alpha value is -3.08. The minimum atomic E-state index is -0.768. The van der Waals surface area contributed by atoms with Crippen LogP contribution in [-0.2, 0) is 17.6 Å². The van der Waals surface area contributed by atoms with Gasteiger partial charge in [0.2, 0.25) is 0 Å². The minimum Gasteiger partial charge on any atom is -0.479 e. The normalized spacial score (nSPS) is 14.0. The molecule has 0 aliphatic heterocycles. The summed E-state index contributed by atoms with van der Waals surface area (Å²) in [5.41, 5.74) is 3.08. The Kier molecular flexibility index (Phi) is 4.44. The molecule has 4 rings (SSSR count). The number of rotatable bonds is 4. The van der Waals surface area contributed by atoms with E-state index in [0.717, 1.165) is 41.3 Å². The highest BCUT2D eigenvalue weighted by Crippen LogP contribution is 2.29. The number of carbonyl (C=O) groups is 1. The van der Waals surface area contributed by atoms with Crippen LogP contribution in [0.2, 0.25) is 0 Å². The molecule has 0 fully saturated rings. The standard InChI is InChI=1S/C22H20O5/c1-13-6-8-15(9-7-13)25-14(2)21(23)26-16-10-11-18-17-4-3-5-19(17)22(24)27-20(18)12-16/h6-12,14H,3-5H2,1-2H3. The first-order valence-electron chi connectivity index (χ1n) is 9.05.